The summed E-state index contributed by atoms with van der Waals surface area (Å²) in [7, 11) is 0. The van der Waals surface area contributed by atoms with Crippen LogP contribution in [0, 0.1) is 5.92 Å². The van der Waals surface area contributed by atoms with E-state index < -0.39 is 0 Å². The SMILES string of the molecule is CC(C)C(CI)NCCCN1CCCC1. The standard InChI is InChI=1S/C12H25IN2/c1-11(2)12(10-13)14-6-5-9-15-7-3-4-8-15/h11-12,14H,3-10H2,1-2H3. The van der Waals surface area contributed by atoms with Gasteiger partial charge in [-0.05, 0) is 51.4 Å². The van der Waals surface area contributed by atoms with Gasteiger partial charge in [0.25, 0.3) is 0 Å². The van der Waals surface area contributed by atoms with Crippen molar-refractivity contribution in [3.8, 4) is 0 Å². The van der Waals surface area contributed by atoms with Crippen LogP contribution in [-0.4, -0.2) is 41.5 Å². The highest BCUT2D eigenvalue weighted by atomic mass is 127. The van der Waals surface area contributed by atoms with Gasteiger partial charge in [-0.3, -0.25) is 0 Å². The highest BCUT2D eigenvalue weighted by molar-refractivity contribution is 14.1. The molecule has 0 radical (unpaired) electrons. The van der Waals surface area contributed by atoms with E-state index in [0.29, 0.717) is 6.04 Å². The van der Waals surface area contributed by atoms with Crippen LogP contribution in [0.4, 0.5) is 0 Å². The van der Waals surface area contributed by atoms with Crippen molar-refractivity contribution in [3.05, 3.63) is 0 Å². The lowest BCUT2D eigenvalue weighted by atomic mass is 10.1. The summed E-state index contributed by atoms with van der Waals surface area (Å²) in [5, 5.41) is 3.66. The Labute approximate surface area is 108 Å². The third-order valence-electron chi connectivity index (χ3n) is 3.23. The number of hydrogen-bond donors (Lipinski definition) is 1. The monoisotopic (exact) mass is 324 g/mol. The highest BCUT2D eigenvalue weighted by Gasteiger charge is 2.12. The van der Waals surface area contributed by atoms with E-state index in [4.69, 9.17) is 0 Å². The average Bonchev–Trinajstić information content (AvgIpc) is 2.70. The molecule has 0 bridgehead atoms. The topological polar surface area (TPSA) is 15.3 Å². The van der Waals surface area contributed by atoms with Gasteiger partial charge in [-0.15, -0.1) is 0 Å². The molecule has 2 nitrogen and oxygen atoms in total. The highest BCUT2D eigenvalue weighted by Crippen LogP contribution is 2.08. The molecular formula is C12H25IN2. The van der Waals surface area contributed by atoms with Crippen LogP contribution >= 0.6 is 22.6 Å². The van der Waals surface area contributed by atoms with Crippen molar-refractivity contribution >= 4 is 22.6 Å². The predicted molar refractivity (Wildman–Crippen MR) is 75.8 cm³/mol. The summed E-state index contributed by atoms with van der Waals surface area (Å²) in [5.41, 5.74) is 0. The summed E-state index contributed by atoms with van der Waals surface area (Å²) < 4.78 is 1.22. The Hall–Kier alpha value is 0.650. The Morgan fingerprint density at radius 1 is 1.27 bits per heavy atom. The molecule has 0 saturated carbocycles. The van der Waals surface area contributed by atoms with Crippen LogP contribution in [0.5, 0.6) is 0 Å². The van der Waals surface area contributed by atoms with Gasteiger partial charge in [-0.25, -0.2) is 0 Å². The normalized spacial score (nSPS) is 20.0. The molecule has 1 saturated heterocycles. The summed E-state index contributed by atoms with van der Waals surface area (Å²) in [5.74, 6) is 0.758. The minimum absolute atomic E-state index is 0.698. The van der Waals surface area contributed by atoms with Gasteiger partial charge in [0.1, 0.15) is 0 Å². The predicted octanol–water partition coefficient (Wildman–Crippen LogP) is 2.52. The van der Waals surface area contributed by atoms with Gasteiger partial charge >= 0.3 is 0 Å². The number of nitrogens with one attached hydrogen (secondary N) is 1. The lowest BCUT2D eigenvalue weighted by Crippen LogP contribution is -2.37. The Bertz CT molecular complexity index is 156. The first-order chi connectivity index (χ1) is 7.24. The van der Waals surface area contributed by atoms with E-state index in [2.05, 4.69) is 46.7 Å². The summed E-state index contributed by atoms with van der Waals surface area (Å²) in [4.78, 5) is 2.59. The summed E-state index contributed by atoms with van der Waals surface area (Å²) in [6.07, 6.45) is 4.13. The molecule has 0 amide bonds. The molecule has 0 aromatic rings. The fraction of sp³-hybridized carbons (Fsp3) is 1.00. The summed E-state index contributed by atoms with van der Waals surface area (Å²) >= 11 is 2.48. The Morgan fingerprint density at radius 3 is 2.47 bits per heavy atom. The van der Waals surface area contributed by atoms with Crippen molar-refractivity contribution in [2.75, 3.05) is 30.6 Å². The van der Waals surface area contributed by atoms with Crippen LogP contribution in [-0.2, 0) is 0 Å². The van der Waals surface area contributed by atoms with E-state index in [1.165, 1.54) is 49.9 Å². The van der Waals surface area contributed by atoms with Gasteiger partial charge in [-0.1, -0.05) is 36.4 Å². The first-order valence-corrected chi connectivity index (χ1v) is 7.78. The van der Waals surface area contributed by atoms with Crippen molar-refractivity contribution < 1.29 is 0 Å². The maximum absolute atomic E-state index is 3.66. The fourth-order valence-corrected chi connectivity index (χ4v) is 3.39. The minimum Gasteiger partial charge on any atom is -0.313 e. The molecule has 15 heavy (non-hydrogen) atoms. The second-order valence-corrected chi connectivity index (χ2v) is 5.74. The molecule has 0 aromatic heterocycles. The third kappa shape index (κ3) is 5.50. The van der Waals surface area contributed by atoms with Crippen LogP contribution < -0.4 is 5.32 Å². The molecule has 1 aliphatic heterocycles. The molecule has 90 valence electrons. The molecule has 0 aliphatic carbocycles. The maximum atomic E-state index is 3.66. The Balaban J connectivity index is 1.99. The molecule has 1 unspecified atom stereocenters. The third-order valence-corrected chi connectivity index (χ3v) is 4.18. The number of alkyl halides is 1. The molecule has 1 aliphatic rings. The van der Waals surface area contributed by atoms with Crippen LogP contribution in [0.25, 0.3) is 0 Å². The molecular weight excluding hydrogens is 299 g/mol. The maximum Gasteiger partial charge on any atom is 0.0180 e. The van der Waals surface area contributed by atoms with E-state index in [0.717, 1.165) is 5.92 Å². The molecule has 1 N–H and O–H groups in total. The van der Waals surface area contributed by atoms with Gasteiger partial charge in [-0.2, -0.15) is 0 Å². The van der Waals surface area contributed by atoms with E-state index >= 15 is 0 Å². The van der Waals surface area contributed by atoms with E-state index in [1.54, 1.807) is 0 Å². The van der Waals surface area contributed by atoms with Crippen molar-refractivity contribution in [1.29, 1.82) is 0 Å². The van der Waals surface area contributed by atoms with E-state index in [1.807, 2.05) is 0 Å². The Morgan fingerprint density at radius 2 is 1.93 bits per heavy atom. The van der Waals surface area contributed by atoms with E-state index in [-0.39, 0.29) is 0 Å². The number of halogens is 1. The number of likely N-dealkylation sites (tertiary alicyclic amines) is 1. The van der Waals surface area contributed by atoms with Crippen molar-refractivity contribution in [2.45, 2.75) is 39.2 Å². The van der Waals surface area contributed by atoms with Crippen molar-refractivity contribution in [3.63, 3.8) is 0 Å². The molecule has 3 heteroatoms. The summed E-state index contributed by atoms with van der Waals surface area (Å²) in [6, 6.07) is 0.698. The number of rotatable bonds is 7. The number of hydrogen-bond acceptors (Lipinski definition) is 2. The zero-order chi connectivity index (χ0) is 11.1. The van der Waals surface area contributed by atoms with Crippen molar-refractivity contribution in [1.82, 2.24) is 10.2 Å². The lowest BCUT2D eigenvalue weighted by Gasteiger charge is -2.21. The van der Waals surface area contributed by atoms with Crippen LogP contribution in [0.1, 0.15) is 33.1 Å². The summed E-state index contributed by atoms with van der Waals surface area (Å²) in [6.45, 7) is 9.74. The van der Waals surface area contributed by atoms with Gasteiger partial charge in [0.2, 0.25) is 0 Å². The lowest BCUT2D eigenvalue weighted by molar-refractivity contribution is 0.324. The fourth-order valence-electron chi connectivity index (χ4n) is 2.06. The van der Waals surface area contributed by atoms with Crippen LogP contribution in [0.15, 0.2) is 0 Å². The molecule has 1 fully saturated rings. The quantitative estimate of drug-likeness (QED) is 0.440. The minimum atomic E-state index is 0.698. The van der Waals surface area contributed by atoms with Gasteiger partial charge in [0.05, 0.1) is 0 Å². The molecule has 1 heterocycles. The van der Waals surface area contributed by atoms with Gasteiger partial charge in [0.15, 0.2) is 0 Å². The van der Waals surface area contributed by atoms with Gasteiger partial charge in [0, 0.05) is 10.5 Å². The van der Waals surface area contributed by atoms with Crippen LogP contribution in [0.3, 0.4) is 0 Å². The first kappa shape index (κ1) is 13.7. The Kier molecular flexibility index (Phi) is 7.17. The zero-order valence-corrected chi connectivity index (χ0v) is 12.3. The van der Waals surface area contributed by atoms with Gasteiger partial charge < -0.3 is 10.2 Å². The largest absolute Gasteiger partial charge is 0.313 e. The average molecular weight is 324 g/mol. The first-order valence-electron chi connectivity index (χ1n) is 6.25. The number of nitrogens with zero attached hydrogens (tertiary/aromatic N) is 1. The van der Waals surface area contributed by atoms with Crippen LogP contribution in [0.2, 0.25) is 0 Å². The molecule has 1 atom stereocenters. The smallest absolute Gasteiger partial charge is 0.0180 e. The van der Waals surface area contributed by atoms with Crippen molar-refractivity contribution in [2.24, 2.45) is 5.92 Å². The molecule has 0 aromatic carbocycles. The molecule has 0 spiro atoms. The zero-order valence-electron chi connectivity index (χ0n) is 10.1. The molecule has 1 rings (SSSR count). The van der Waals surface area contributed by atoms with E-state index in [9.17, 15) is 0 Å². The second kappa shape index (κ2) is 7.85. The second-order valence-electron chi connectivity index (χ2n) is 4.86.